The number of rotatable bonds is 9. The zero-order valence-electron chi connectivity index (χ0n) is 23.6. The first-order chi connectivity index (χ1) is 19.8. The number of ether oxygens (including phenoxy) is 2. The minimum absolute atomic E-state index is 0.226. The van der Waals surface area contributed by atoms with Crippen LogP contribution in [0.2, 0.25) is 0 Å². The van der Waals surface area contributed by atoms with E-state index >= 15 is 0 Å². The second-order valence-corrected chi connectivity index (χ2v) is 11.0. The number of aromatic nitrogens is 2. The van der Waals surface area contributed by atoms with E-state index in [0.29, 0.717) is 29.9 Å². The van der Waals surface area contributed by atoms with Gasteiger partial charge in [0, 0.05) is 10.0 Å². The third kappa shape index (κ3) is 6.41. The van der Waals surface area contributed by atoms with Gasteiger partial charge in [-0.2, -0.15) is 9.78 Å². The lowest BCUT2D eigenvalue weighted by Crippen LogP contribution is -2.20. The van der Waals surface area contributed by atoms with Gasteiger partial charge in [0.1, 0.15) is 18.1 Å². The van der Waals surface area contributed by atoms with Crippen LogP contribution >= 0.6 is 15.9 Å². The Balaban J connectivity index is 1.51. The summed E-state index contributed by atoms with van der Waals surface area (Å²) in [5, 5.41) is 5.16. The molecule has 0 bridgehead atoms. The number of hydrogen-bond donors (Lipinski definition) is 0. The number of nitrogens with zero attached hydrogens (tertiary/aromatic N) is 3. The van der Waals surface area contributed by atoms with Crippen molar-refractivity contribution in [1.82, 2.24) is 9.66 Å². The highest BCUT2D eigenvalue weighted by molar-refractivity contribution is 9.10. The number of aryl methyl sites for hydroxylation is 1. The maximum atomic E-state index is 13.7. The predicted octanol–water partition coefficient (Wildman–Crippen LogP) is 8.12. The largest absolute Gasteiger partial charge is 0.494 e. The molecule has 0 saturated heterocycles. The first kappa shape index (κ1) is 28.3. The van der Waals surface area contributed by atoms with Crippen molar-refractivity contribution in [1.29, 1.82) is 0 Å². The van der Waals surface area contributed by atoms with Gasteiger partial charge in [-0.1, -0.05) is 54.0 Å². The highest BCUT2D eigenvalue weighted by atomic mass is 79.9. The number of halogens is 1. The Morgan fingerprint density at radius 2 is 1.71 bits per heavy atom. The SMILES string of the molecule is CCOc1cc(C)c(-c2nc3ccccc3c(=O)n2N=Cc2ccc(OCc3ccc(Br)cc3)cc2)cc1C(C)C. The molecule has 0 atom stereocenters. The molecule has 0 saturated carbocycles. The van der Waals surface area contributed by atoms with E-state index in [2.05, 4.69) is 40.9 Å². The second kappa shape index (κ2) is 12.5. The topological polar surface area (TPSA) is 65.7 Å². The van der Waals surface area contributed by atoms with Gasteiger partial charge in [-0.15, -0.1) is 0 Å². The van der Waals surface area contributed by atoms with Gasteiger partial charge >= 0.3 is 0 Å². The molecular formula is C34H32BrN3O3. The van der Waals surface area contributed by atoms with Crippen molar-refractivity contribution in [2.75, 3.05) is 6.61 Å². The van der Waals surface area contributed by atoms with Gasteiger partial charge in [0.25, 0.3) is 5.56 Å². The molecule has 0 spiro atoms. The molecule has 0 aliphatic heterocycles. The smallest absolute Gasteiger partial charge is 0.282 e. The Morgan fingerprint density at radius 3 is 2.41 bits per heavy atom. The van der Waals surface area contributed by atoms with E-state index in [1.807, 2.05) is 86.6 Å². The van der Waals surface area contributed by atoms with Crippen molar-refractivity contribution in [3.05, 3.63) is 122 Å². The van der Waals surface area contributed by atoms with E-state index in [1.165, 1.54) is 4.68 Å². The van der Waals surface area contributed by atoms with Gasteiger partial charge in [-0.05, 0) is 103 Å². The normalized spacial score (nSPS) is 11.5. The van der Waals surface area contributed by atoms with E-state index in [0.717, 1.165) is 43.8 Å². The van der Waals surface area contributed by atoms with Gasteiger partial charge in [-0.25, -0.2) is 4.98 Å². The molecule has 41 heavy (non-hydrogen) atoms. The Bertz CT molecular complexity index is 1760. The van der Waals surface area contributed by atoms with Crippen LogP contribution in [0.5, 0.6) is 11.5 Å². The van der Waals surface area contributed by atoms with Gasteiger partial charge in [0.2, 0.25) is 0 Å². The molecule has 5 aromatic rings. The van der Waals surface area contributed by atoms with Gasteiger partial charge < -0.3 is 9.47 Å². The Kier molecular flexibility index (Phi) is 8.64. The van der Waals surface area contributed by atoms with Crippen molar-refractivity contribution in [3.63, 3.8) is 0 Å². The number of hydrogen-bond acceptors (Lipinski definition) is 5. The average molecular weight is 611 g/mol. The number of fused-ring (bicyclic) bond motifs is 1. The quantitative estimate of drug-likeness (QED) is 0.158. The first-order valence-electron chi connectivity index (χ1n) is 13.6. The van der Waals surface area contributed by atoms with Crippen LogP contribution in [0.15, 0.2) is 99.3 Å². The fourth-order valence-electron chi connectivity index (χ4n) is 4.60. The molecule has 1 heterocycles. The van der Waals surface area contributed by atoms with Crippen LogP contribution in [0.1, 0.15) is 48.9 Å². The van der Waals surface area contributed by atoms with E-state index < -0.39 is 0 Å². The van der Waals surface area contributed by atoms with E-state index in [9.17, 15) is 4.79 Å². The predicted molar refractivity (Wildman–Crippen MR) is 169 cm³/mol. The molecule has 5 rings (SSSR count). The summed E-state index contributed by atoms with van der Waals surface area (Å²) in [6.07, 6.45) is 1.67. The van der Waals surface area contributed by atoms with Crippen LogP contribution in [-0.4, -0.2) is 22.5 Å². The summed E-state index contributed by atoms with van der Waals surface area (Å²) in [6, 6.07) is 27.1. The molecule has 7 heteroatoms. The summed E-state index contributed by atoms with van der Waals surface area (Å²) in [6.45, 7) is 9.29. The van der Waals surface area contributed by atoms with Gasteiger partial charge in [0.15, 0.2) is 5.82 Å². The fourth-order valence-corrected chi connectivity index (χ4v) is 4.86. The summed E-state index contributed by atoms with van der Waals surface area (Å²) in [7, 11) is 0. The highest BCUT2D eigenvalue weighted by Crippen LogP contribution is 2.34. The Labute approximate surface area is 248 Å². The third-order valence-corrected chi connectivity index (χ3v) is 7.32. The molecule has 0 aliphatic carbocycles. The van der Waals surface area contributed by atoms with Gasteiger partial charge in [-0.3, -0.25) is 4.79 Å². The maximum Gasteiger partial charge on any atom is 0.282 e. The highest BCUT2D eigenvalue weighted by Gasteiger charge is 2.18. The van der Waals surface area contributed by atoms with Crippen molar-refractivity contribution in [2.24, 2.45) is 5.10 Å². The standard InChI is InChI=1S/C34H32BrN3O3/c1-5-40-32-18-23(4)30(19-29(32)22(2)3)33-37-31-9-7-6-8-28(31)34(39)38(33)36-20-24-12-16-27(17-13-24)41-21-25-10-14-26(35)15-11-25/h6-20,22H,5,21H2,1-4H3. The fraction of sp³-hybridized carbons (Fsp3) is 0.206. The van der Waals surface area contributed by atoms with Crippen molar-refractivity contribution in [2.45, 2.75) is 40.2 Å². The molecule has 0 radical (unpaired) electrons. The zero-order chi connectivity index (χ0) is 28.9. The van der Waals surface area contributed by atoms with Crippen LogP contribution in [0.25, 0.3) is 22.3 Å². The molecule has 4 aromatic carbocycles. The molecule has 0 aliphatic rings. The summed E-state index contributed by atoms with van der Waals surface area (Å²) in [4.78, 5) is 18.6. The minimum Gasteiger partial charge on any atom is -0.494 e. The van der Waals surface area contributed by atoms with E-state index in [-0.39, 0.29) is 11.5 Å². The second-order valence-electron chi connectivity index (χ2n) is 10.1. The van der Waals surface area contributed by atoms with Crippen molar-refractivity contribution >= 4 is 33.0 Å². The van der Waals surface area contributed by atoms with Crippen LogP contribution in [0.4, 0.5) is 0 Å². The lowest BCUT2D eigenvalue weighted by Gasteiger charge is -2.18. The summed E-state index contributed by atoms with van der Waals surface area (Å²) in [5.74, 6) is 2.32. The van der Waals surface area contributed by atoms with Crippen molar-refractivity contribution in [3.8, 4) is 22.9 Å². The number of para-hydroxylation sites is 1. The molecular weight excluding hydrogens is 578 g/mol. The molecule has 0 N–H and O–H groups in total. The summed E-state index contributed by atoms with van der Waals surface area (Å²) >= 11 is 3.45. The monoisotopic (exact) mass is 609 g/mol. The first-order valence-corrected chi connectivity index (χ1v) is 14.4. The molecule has 0 amide bonds. The molecule has 0 fully saturated rings. The molecule has 6 nitrogen and oxygen atoms in total. The molecule has 208 valence electrons. The molecule has 0 unspecified atom stereocenters. The number of benzene rings is 4. The van der Waals surface area contributed by atoms with Gasteiger partial charge in [0.05, 0.1) is 23.7 Å². The third-order valence-electron chi connectivity index (χ3n) is 6.79. The Morgan fingerprint density at radius 1 is 0.976 bits per heavy atom. The molecule has 1 aromatic heterocycles. The van der Waals surface area contributed by atoms with Crippen LogP contribution in [0.3, 0.4) is 0 Å². The lowest BCUT2D eigenvalue weighted by molar-refractivity contribution is 0.306. The van der Waals surface area contributed by atoms with Crippen LogP contribution in [0, 0.1) is 6.92 Å². The minimum atomic E-state index is -0.226. The Hall–Kier alpha value is -4.23. The summed E-state index contributed by atoms with van der Waals surface area (Å²) in [5.41, 5.74) is 5.17. The lowest BCUT2D eigenvalue weighted by atomic mass is 9.96. The van der Waals surface area contributed by atoms with E-state index in [1.54, 1.807) is 12.3 Å². The zero-order valence-corrected chi connectivity index (χ0v) is 25.2. The van der Waals surface area contributed by atoms with Crippen LogP contribution < -0.4 is 15.0 Å². The van der Waals surface area contributed by atoms with Crippen molar-refractivity contribution < 1.29 is 9.47 Å². The maximum absolute atomic E-state index is 13.7. The summed E-state index contributed by atoms with van der Waals surface area (Å²) < 4.78 is 14.3. The van der Waals surface area contributed by atoms with Crippen LogP contribution in [-0.2, 0) is 6.61 Å². The average Bonchev–Trinajstić information content (AvgIpc) is 2.97. The van der Waals surface area contributed by atoms with E-state index in [4.69, 9.17) is 14.5 Å².